The van der Waals surface area contributed by atoms with Crippen LogP contribution in [0.3, 0.4) is 0 Å². The van der Waals surface area contributed by atoms with Crippen LogP contribution in [0.2, 0.25) is 0 Å². The van der Waals surface area contributed by atoms with Crippen molar-refractivity contribution in [3.05, 3.63) is 64.2 Å². The number of benzene rings is 2. The molecule has 1 heterocycles. The van der Waals surface area contributed by atoms with Gasteiger partial charge in [-0.25, -0.2) is 4.99 Å². The van der Waals surface area contributed by atoms with E-state index in [0.717, 1.165) is 6.42 Å². The van der Waals surface area contributed by atoms with E-state index in [-0.39, 0.29) is 48.0 Å². The Bertz CT molecular complexity index is 932. The summed E-state index contributed by atoms with van der Waals surface area (Å²) < 4.78 is 30.1. The van der Waals surface area contributed by atoms with Gasteiger partial charge in [-0.15, -0.1) is 24.0 Å². The summed E-state index contributed by atoms with van der Waals surface area (Å²) in [6.07, 6.45) is 0.777. The molecule has 0 amide bonds. The van der Waals surface area contributed by atoms with Gasteiger partial charge < -0.3 is 20.3 Å². The maximum Gasteiger partial charge on any atom is 0.387 e. The number of nitro benzene ring substituents is 1. The fourth-order valence-corrected chi connectivity index (χ4v) is 3.51. The van der Waals surface area contributed by atoms with Crippen molar-refractivity contribution in [3.63, 3.8) is 0 Å². The van der Waals surface area contributed by atoms with Gasteiger partial charge in [0.15, 0.2) is 5.96 Å². The van der Waals surface area contributed by atoms with E-state index in [1.54, 1.807) is 36.4 Å². The molecule has 0 saturated carbocycles. The molecule has 0 bridgehead atoms. The van der Waals surface area contributed by atoms with Gasteiger partial charge in [-0.05, 0) is 25.5 Å². The number of aliphatic imine (C=N–C) groups is 1. The Morgan fingerprint density at radius 2 is 2.00 bits per heavy atom. The minimum atomic E-state index is -2.88. The lowest BCUT2D eigenvalue weighted by Crippen LogP contribution is -2.44. The summed E-state index contributed by atoms with van der Waals surface area (Å²) in [7, 11) is 0. The zero-order chi connectivity index (χ0) is 22.2. The molecule has 2 aromatic carbocycles. The second-order valence-corrected chi connectivity index (χ2v) is 7.00. The van der Waals surface area contributed by atoms with Crippen molar-refractivity contribution in [2.24, 2.45) is 4.99 Å². The molecular weight excluding hydrogens is 535 g/mol. The van der Waals surface area contributed by atoms with E-state index < -0.39 is 11.5 Å². The Morgan fingerprint density at radius 3 is 2.72 bits per heavy atom. The second-order valence-electron chi connectivity index (χ2n) is 7.00. The molecule has 2 N–H and O–H groups in total. The van der Waals surface area contributed by atoms with Gasteiger partial charge in [0, 0.05) is 31.7 Å². The molecule has 1 atom stereocenters. The molecule has 3 rings (SSSR count). The van der Waals surface area contributed by atoms with E-state index in [1.165, 1.54) is 12.1 Å². The summed E-state index contributed by atoms with van der Waals surface area (Å²) in [5.41, 5.74) is 1.18. The number of hydrogen-bond acceptors (Lipinski definition) is 5. The molecule has 1 aliphatic rings. The van der Waals surface area contributed by atoms with Gasteiger partial charge in [-0.1, -0.05) is 30.3 Å². The number of nitrogens with one attached hydrogen (secondary N) is 2. The molecule has 0 spiro atoms. The smallest absolute Gasteiger partial charge is 0.387 e. The molecule has 1 unspecified atom stereocenters. The van der Waals surface area contributed by atoms with E-state index in [0.29, 0.717) is 36.8 Å². The number of nitrogens with zero attached hydrogens (tertiary/aromatic N) is 3. The summed E-state index contributed by atoms with van der Waals surface area (Å²) in [5.74, 6) is 0.694. The highest BCUT2D eigenvalue weighted by atomic mass is 127. The molecule has 11 heteroatoms. The molecule has 1 saturated heterocycles. The zero-order valence-corrected chi connectivity index (χ0v) is 19.9. The van der Waals surface area contributed by atoms with Crippen molar-refractivity contribution in [1.82, 2.24) is 10.6 Å². The molecule has 0 radical (unpaired) electrons. The normalized spacial score (nSPS) is 15.9. The first-order valence-corrected chi connectivity index (χ1v) is 10.0. The summed E-state index contributed by atoms with van der Waals surface area (Å²) in [4.78, 5) is 17.3. The van der Waals surface area contributed by atoms with E-state index >= 15 is 0 Å². The van der Waals surface area contributed by atoms with Gasteiger partial charge in [-0.3, -0.25) is 10.1 Å². The van der Waals surface area contributed by atoms with Crippen LogP contribution < -0.4 is 20.3 Å². The van der Waals surface area contributed by atoms with E-state index in [9.17, 15) is 18.9 Å². The van der Waals surface area contributed by atoms with Crippen molar-refractivity contribution < 1.29 is 18.4 Å². The Labute approximate surface area is 202 Å². The first-order valence-electron chi connectivity index (χ1n) is 10.0. The largest absolute Gasteiger partial charge is 0.433 e. The fourth-order valence-electron chi connectivity index (χ4n) is 3.51. The number of hydrogen-bond donors (Lipinski definition) is 2. The molecule has 8 nitrogen and oxygen atoms in total. The third-order valence-corrected chi connectivity index (χ3v) is 4.89. The summed E-state index contributed by atoms with van der Waals surface area (Å²) in [6, 6.07) is 13.3. The average Bonchev–Trinajstić information content (AvgIpc) is 3.20. The lowest BCUT2D eigenvalue weighted by atomic mass is 10.2. The van der Waals surface area contributed by atoms with Crippen molar-refractivity contribution in [2.45, 2.75) is 32.5 Å². The fraction of sp³-hybridized carbons (Fsp3) is 0.381. The van der Waals surface area contributed by atoms with Crippen LogP contribution >= 0.6 is 24.0 Å². The Balaban J connectivity index is 0.00000363. The van der Waals surface area contributed by atoms with Crippen molar-refractivity contribution in [1.29, 1.82) is 0 Å². The highest BCUT2D eigenvalue weighted by Gasteiger charge is 2.26. The highest BCUT2D eigenvalue weighted by molar-refractivity contribution is 14.0. The molecular formula is C21H26F2IN5O3. The summed E-state index contributed by atoms with van der Waals surface area (Å²) in [5, 5.41) is 17.7. The molecule has 2 aromatic rings. The molecule has 0 aromatic heterocycles. The number of ether oxygens (including phenoxy) is 1. The predicted octanol–water partition coefficient (Wildman–Crippen LogP) is 4.15. The van der Waals surface area contributed by atoms with Crippen LogP contribution in [0.1, 0.15) is 18.9 Å². The lowest BCUT2D eigenvalue weighted by Gasteiger charge is -2.22. The number of para-hydroxylation sites is 3. The highest BCUT2D eigenvalue weighted by Crippen LogP contribution is 2.31. The van der Waals surface area contributed by atoms with Gasteiger partial charge in [0.25, 0.3) is 5.69 Å². The van der Waals surface area contributed by atoms with Crippen LogP contribution in [0, 0.1) is 10.1 Å². The Kier molecular flexibility index (Phi) is 9.88. The van der Waals surface area contributed by atoms with Crippen LogP contribution in [0.4, 0.5) is 20.2 Å². The number of halogens is 3. The predicted molar refractivity (Wildman–Crippen MR) is 130 cm³/mol. The SMILES string of the molecule is CCNC(=NCc1ccccc1[N+](=O)[O-])NC1CCN(c2ccccc2OC(F)F)C1.I. The van der Waals surface area contributed by atoms with Gasteiger partial charge in [-0.2, -0.15) is 8.78 Å². The number of anilines is 1. The topological polar surface area (TPSA) is 92.0 Å². The van der Waals surface area contributed by atoms with E-state index in [1.807, 2.05) is 11.8 Å². The number of rotatable bonds is 8. The quantitative estimate of drug-likeness (QED) is 0.166. The van der Waals surface area contributed by atoms with Gasteiger partial charge in [0.2, 0.25) is 0 Å². The number of alkyl halides is 2. The standard InChI is InChI=1S/C21H25F2N5O3.HI/c1-2-24-21(25-13-15-7-3-4-8-17(15)28(29)30)26-16-11-12-27(14-16)18-9-5-6-10-19(18)31-20(22)23;/h3-10,16,20H,2,11-14H2,1H3,(H2,24,25,26);1H. The lowest BCUT2D eigenvalue weighted by molar-refractivity contribution is -0.385. The molecule has 32 heavy (non-hydrogen) atoms. The molecule has 1 aliphatic heterocycles. The van der Waals surface area contributed by atoms with Crippen LogP contribution in [0.25, 0.3) is 0 Å². The van der Waals surface area contributed by atoms with Gasteiger partial charge in [0.1, 0.15) is 5.75 Å². The molecule has 0 aliphatic carbocycles. The minimum absolute atomic E-state index is 0. The summed E-state index contributed by atoms with van der Waals surface area (Å²) >= 11 is 0. The van der Waals surface area contributed by atoms with Gasteiger partial charge >= 0.3 is 6.61 Å². The average molecular weight is 561 g/mol. The van der Waals surface area contributed by atoms with Crippen LogP contribution in [-0.4, -0.2) is 43.2 Å². The van der Waals surface area contributed by atoms with Crippen molar-refractivity contribution in [3.8, 4) is 5.75 Å². The minimum Gasteiger partial charge on any atom is -0.433 e. The van der Waals surface area contributed by atoms with E-state index in [2.05, 4.69) is 20.4 Å². The monoisotopic (exact) mass is 561 g/mol. The third kappa shape index (κ3) is 6.90. The van der Waals surface area contributed by atoms with E-state index in [4.69, 9.17) is 0 Å². The Morgan fingerprint density at radius 1 is 1.28 bits per heavy atom. The van der Waals surface area contributed by atoms with Crippen molar-refractivity contribution >= 4 is 41.3 Å². The zero-order valence-electron chi connectivity index (χ0n) is 17.5. The molecule has 174 valence electrons. The summed E-state index contributed by atoms with van der Waals surface area (Å²) in [6.45, 7) is 1.09. The third-order valence-electron chi connectivity index (χ3n) is 4.89. The first-order chi connectivity index (χ1) is 15.0. The number of nitro groups is 1. The first kappa shape index (κ1) is 25.6. The second kappa shape index (κ2) is 12.4. The van der Waals surface area contributed by atoms with Crippen molar-refractivity contribution in [2.75, 3.05) is 24.5 Å². The maximum atomic E-state index is 12.7. The maximum absolute atomic E-state index is 12.7. The van der Waals surface area contributed by atoms with Crippen LogP contribution in [0.5, 0.6) is 5.75 Å². The molecule has 1 fully saturated rings. The van der Waals surface area contributed by atoms with Crippen LogP contribution in [-0.2, 0) is 6.54 Å². The number of guanidine groups is 1. The van der Waals surface area contributed by atoms with Crippen LogP contribution in [0.15, 0.2) is 53.5 Å². The van der Waals surface area contributed by atoms with Gasteiger partial charge in [0.05, 0.1) is 22.7 Å². The Hall–Kier alpha value is -2.70.